The highest BCUT2D eigenvalue weighted by molar-refractivity contribution is 5.98. The number of nitrogens with zero attached hydrogens (tertiary/aromatic N) is 2. The molecule has 0 aliphatic rings. The molecule has 0 spiro atoms. The fraction of sp³-hybridized carbons (Fsp3) is 0.219. The van der Waals surface area contributed by atoms with Crippen LogP contribution in [-0.2, 0) is 19.6 Å². The van der Waals surface area contributed by atoms with Crippen LogP contribution in [0.1, 0.15) is 39.5 Å². The van der Waals surface area contributed by atoms with Crippen LogP contribution in [0.5, 0.6) is 5.75 Å². The van der Waals surface area contributed by atoms with Gasteiger partial charge in [0, 0.05) is 24.2 Å². The van der Waals surface area contributed by atoms with E-state index in [1.807, 2.05) is 60.7 Å². The molecular weight excluding hydrogens is 476 g/mol. The molecule has 4 aromatic carbocycles. The summed E-state index contributed by atoms with van der Waals surface area (Å²) in [6, 6.07) is 32.4. The van der Waals surface area contributed by atoms with Gasteiger partial charge < -0.3 is 4.74 Å². The first-order valence-corrected chi connectivity index (χ1v) is 12.7. The van der Waals surface area contributed by atoms with Gasteiger partial charge in [0.2, 0.25) is 0 Å². The van der Waals surface area contributed by atoms with Gasteiger partial charge >= 0.3 is 5.69 Å². The molecule has 0 fully saturated rings. The Morgan fingerprint density at radius 3 is 2.13 bits per heavy atom. The normalized spacial score (nSPS) is 11.8. The molecule has 194 valence electrons. The van der Waals surface area contributed by atoms with Crippen molar-refractivity contribution in [3.05, 3.63) is 141 Å². The molecule has 0 heterocycles. The molecule has 0 saturated carbocycles. The van der Waals surface area contributed by atoms with Crippen molar-refractivity contribution in [3.8, 4) is 5.75 Å². The second-order valence-electron chi connectivity index (χ2n) is 9.57. The number of benzene rings is 4. The lowest BCUT2D eigenvalue weighted by Gasteiger charge is -2.29. The molecule has 1 atom stereocenters. The number of ether oxygens (including phenoxy) is 1. The van der Waals surface area contributed by atoms with E-state index in [9.17, 15) is 14.9 Å². The highest BCUT2D eigenvalue weighted by Crippen LogP contribution is 2.29. The quantitative estimate of drug-likeness (QED) is 0.120. The number of aryl methyl sites for hydroxylation is 1. The monoisotopic (exact) mass is 508 g/mol. The molecular formula is C32H32N2O4. The molecule has 38 heavy (non-hydrogen) atoms. The maximum atomic E-state index is 13.4. The van der Waals surface area contributed by atoms with Crippen molar-refractivity contribution in [1.29, 1.82) is 0 Å². The second-order valence-corrected chi connectivity index (χ2v) is 9.57. The van der Waals surface area contributed by atoms with E-state index in [1.54, 1.807) is 6.07 Å². The molecule has 0 saturated heterocycles. The van der Waals surface area contributed by atoms with Gasteiger partial charge in [-0.15, -0.1) is 0 Å². The zero-order valence-electron chi connectivity index (χ0n) is 21.7. The van der Waals surface area contributed by atoms with Gasteiger partial charge in [0.1, 0.15) is 6.61 Å². The number of carbonyl (C=O) groups excluding carboxylic acids is 1. The van der Waals surface area contributed by atoms with Gasteiger partial charge in [0.15, 0.2) is 11.5 Å². The number of ketones is 1. The van der Waals surface area contributed by atoms with Gasteiger partial charge in [-0.25, -0.2) is 0 Å². The zero-order valence-corrected chi connectivity index (χ0v) is 21.7. The van der Waals surface area contributed by atoms with Crippen LogP contribution in [0.15, 0.2) is 103 Å². The Bertz CT molecular complexity index is 1360. The van der Waals surface area contributed by atoms with E-state index in [0.717, 1.165) is 17.5 Å². The average Bonchev–Trinajstić information content (AvgIpc) is 2.93. The van der Waals surface area contributed by atoms with E-state index in [1.165, 1.54) is 23.3 Å². The van der Waals surface area contributed by atoms with Gasteiger partial charge in [-0.1, -0.05) is 90.5 Å². The highest BCUT2D eigenvalue weighted by atomic mass is 16.6. The highest BCUT2D eigenvalue weighted by Gasteiger charge is 2.23. The lowest BCUT2D eigenvalue weighted by atomic mass is 10.0. The van der Waals surface area contributed by atoms with Crippen molar-refractivity contribution in [3.63, 3.8) is 0 Å². The van der Waals surface area contributed by atoms with Crippen LogP contribution in [-0.4, -0.2) is 28.2 Å². The van der Waals surface area contributed by atoms with Crippen molar-refractivity contribution >= 4 is 11.5 Å². The predicted octanol–water partition coefficient (Wildman–Crippen LogP) is 6.80. The fourth-order valence-electron chi connectivity index (χ4n) is 4.35. The van der Waals surface area contributed by atoms with Crippen molar-refractivity contribution in [2.45, 2.75) is 39.5 Å². The van der Waals surface area contributed by atoms with Crippen LogP contribution in [0.4, 0.5) is 5.69 Å². The van der Waals surface area contributed by atoms with Crippen LogP contribution in [0.2, 0.25) is 0 Å². The summed E-state index contributed by atoms with van der Waals surface area (Å²) in [5.74, 6) is -0.0290. The summed E-state index contributed by atoms with van der Waals surface area (Å²) in [4.78, 5) is 26.8. The number of carbonyl (C=O) groups is 1. The number of hydrogen-bond acceptors (Lipinski definition) is 5. The van der Waals surface area contributed by atoms with Gasteiger partial charge in [0.25, 0.3) is 0 Å². The SMILES string of the molecule is Cc1ccc(CC(C)N(CC(=O)c2ccc(OCc3ccccc3)c([N+](=O)[O-])c2)Cc2ccccc2)cc1. The minimum absolute atomic E-state index is 0.0744. The van der Waals surface area contributed by atoms with Crippen LogP contribution >= 0.6 is 0 Å². The maximum Gasteiger partial charge on any atom is 0.311 e. The standard InChI is InChI=1S/C32H32N2O4/c1-24-13-15-26(16-14-24)19-25(2)33(21-27-9-5-3-6-10-27)22-31(35)29-17-18-32(30(20-29)34(36)37)38-23-28-11-7-4-8-12-28/h3-18,20,25H,19,21-23H2,1-2H3. The van der Waals surface area contributed by atoms with E-state index in [0.29, 0.717) is 12.1 Å². The Labute approximate surface area is 223 Å². The smallest absolute Gasteiger partial charge is 0.311 e. The summed E-state index contributed by atoms with van der Waals surface area (Å²) in [5, 5.41) is 11.8. The van der Waals surface area contributed by atoms with Gasteiger partial charge in [-0.3, -0.25) is 19.8 Å². The molecule has 1 unspecified atom stereocenters. The molecule has 4 rings (SSSR count). The lowest BCUT2D eigenvalue weighted by Crippen LogP contribution is -2.38. The molecule has 0 radical (unpaired) electrons. The summed E-state index contributed by atoms with van der Waals surface area (Å²) in [6.07, 6.45) is 0.785. The second kappa shape index (κ2) is 12.8. The van der Waals surface area contributed by atoms with Crippen molar-refractivity contribution < 1.29 is 14.5 Å². The molecule has 0 aliphatic heterocycles. The largest absolute Gasteiger partial charge is 0.482 e. The Morgan fingerprint density at radius 2 is 1.50 bits per heavy atom. The van der Waals surface area contributed by atoms with Crippen molar-refractivity contribution in [1.82, 2.24) is 4.90 Å². The first-order valence-electron chi connectivity index (χ1n) is 12.7. The first kappa shape index (κ1) is 26.8. The molecule has 6 heteroatoms. The van der Waals surface area contributed by atoms with Crippen LogP contribution in [0, 0.1) is 17.0 Å². The Kier molecular flexibility index (Phi) is 9.01. The lowest BCUT2D eigenvalue weighted by molar-refractivity contribution is -0.386. The Balaban J connectivity index is 1.52. The molecule has 0 aromatic heterocycles. The molecule has 0 N–H and O–H groups in total. The summed E-state index contributed by atoms with van der Waals surface area (Å²) in [5.41, 5.74) is 4.49. The minimum atomic E-state index is -0.501. The van der Waals surface area contributed by atoms with Crippen LogP contribution in [0.25, 0.3) is 0 Å². The predicted molar refractivity (Wildman–Crippen MR) is 149 cm³/mol. The van der Waals surface area contributed by atoms with E-state index >= 15 is 0 Å². The van der Waals surface area contributed by atoms with Crippen LogP contribution in [0.3, 0.4) is 0 Å². The van der Waals surface area contributed by atoms with Crippen LogP contribution < -0.4 is 4.74 Å². The third kappa shape index (κ3) is 7.37. The number of hydrogen-bond donors (Lipinski definition) is 0. The number of rotatable bonds is 12. The third-order valence-corrected chi connectivity index (χ3v) is 6.57. The molecule has 0 bridgehead atoms. The zero-order chi connectivity index (χ0) is 26.9. The average molecular weight is 509 g/mol. The Hall–Kier alpha value is -4.29. The summed E-state index contributed by atoms with van der Waals surface area (Å²) < 4.78 is 5.73. The number of nitro groups is 1. The number of nitro benzene ring substituents is 1. The molecule has 0 aliphatic carbocycles. The minimum Gasteiger partial charge on any atom is -0.482 e. The molecule has 4 aromatic rings. The Morgan fingerprint density at radius 1 is 0.868 bits per heavy atom. The van der Waals surface area contributed by atoms with Crippen molar-refractivity contribution in [2.75, 3.05) is 6.54 Å². The van der Waals surface area contributed by atoms with E-state index in [2.05, 4.69) is 43.0 Å². The first-order chi connectivity index (χ1) is 18.4. The van der Waals surface area contributed by atoms with Gasteiger partial charge in [0.05, 0.1) is 11.5 Å². The van der Waals surface area contributed by atoms with Gasteiger partial charge in [-0.2, -0.15) is 0 Å². The summed E-state index contributed by atoms with van der Waals surface area (Å²) in [6.45, 7) is 5.11. The van der Waals surface area contributed by atoms with E-state index < -0.39 is 4.92 Å². The molecule has 6 nitrogen and oxygen atoms in total. The van der Waals surface area contributed by atoms with Gasteiger partial charge in [-0.05, 0) is 49.1 Å². The molecule has 0 amide bonds. The fourth-order valence-corrected chi connectivity index (χ4v) is 4.35. The maximum absolute atomic E-state index is 13.4. The van der Waals surface area contributed by atoms with E-state index in [4.69, 9.17) is 4.74 Å². The summed E-state index contributed by atoms with van der Waals surface area (Å²) in [7, 11) is 0. The topological polar surface area (TPSA) is 72.7 Å². The number of Topliss-reactive ketones (excluding diaryl/α,β-unsaturated/α-hetero) is 1. The summed E-state index contributed by atoms with van der Waals surface area (Å²) >= 11 is 0. The van der Waals surface area contributed by atoms with Crippen molar-refractivity contribution in [2.24, 2.45) is 0 Å². The third-order valence-electron chi connectivity index (χ3n) is 6.57. The van der Waals surface area contributed by atoms with E-state index in [-0.39, 0.29) is 36.4 Å².